The molecule has 4 N–H and O–H groups in total. The predicted octanol–water partition coefficient (Wildman–Crippen LogP) is 1.04. The average Bonchev–Trinajstić information content (AvgIpc) is 2.08. The van der Waals surface area contributed by atoms with Crippen LogP contribution in [0, 0.1) is 0 Å². The third-order valence-electron chi connectivity index (χ3n) is 1.60. The van der Waals surface area contributed by atoms with Crippen molar-refractivity contribution in [1.82, 2.24) is 0 Å². The third-order valence-corrected chi connectivity index (χ3v) is 2.02. The van der Waals surface area contributed by atoms with E-state index >= 15 is 0 Å². The first-order chi connectivity index (χ1) is 5.66. The van der Waals surface area contributed by atoms with Gasteiger partial charge in [-0.3, -0.25) is 0 Å². The number of aromatic hydroxyl groups is 1. The Hall–Kier alpha value is -0.770. The minimum atomic E-state index is -0.537. The Morgan fingerprint density at radius 1 is 1.50 bits per heavy atom. The summed E-state index contributed by atoms with van der Waals surface area (Å²) in [6, 6.07) is 4.23. The van der Waals surface area contributed by atoms with Crippen LogP contribution < -0.4 is 5.73 Å². The standard InChI is InChI=1S/C8H10ClNO2/c9-8-5(6(10)4-11)2-1-3-7(8)12/h1-3,6,11-12H,4,10H2/t6-/m1/s1. The number of rotatable bonds is 2. The van der Waals surface area contributed by atoms with Crippen molar-refractivity contribution in [3.63, 3.8) is 0 Å². The summed E-state index contributed by atoms with van der Waals surface area (Å²) in [6.45, 7) is -0.191. The molecule has 1 rings (SSSR count). The van der Waals surface area contributed by atoms with Crippen LogP contribution in [0.25, 0.3) is 0 Å². The molecular formula is C8H10ClNO2. The molecule has 1 atom stereocenters. The Balaban J connectivity index is 3.07. The van der Waals surface area contributed by atoms with Gasteiger partial charge in [-0.05, 0) is 11.6 Å². The van der Waals surface area contributed by atoms with Crippen LogP contribution in [0.3, 0.4) is 0 Å². The number of phenolic OH excluding ortho intramolecular Hbond substituents is 1. The number of aliphatic hydroxyl groups excluding tert-OH is 1. The summed E-state index contributed by atoms with van der Waals surface area (Å²) in [4.78, 5) is 0. The van der Waals surface area contributed by atoms with Gasteiger partial charge in [-0.2, -0.15) is 0 Å². The zero-order chi connectivity index (χ0) is 9.14. The fraction of sp³-hybridized carbons (Fsp3) is 0.250. The largest absolute Gasteiger partial charge is 0.506 e. The van der Waals surface area contributed by atoms with Gasteiger partial charge in [0.2, 0.25) is 0 Å². The maximum Gasteiger partial charge on any atom is 0.134 e. The molecule has 66 valence electrons. The fourth-order valence-corrected chi connectivity index (χ4v) is 1.19. The second-order valence-corrected chi connectivity index (χ2v) is 2.85. The zero-order valence-electron chi connectivity index (χ0n) is 6.37. The van der Waals surface area contributed by atoms with E-state index in [2.05, 4.69) is 0 Å². The molecule has 0 radical (unpaired) electrons. The quantitative estimate of drug-likeness (QED) is 0.648. The lowest BCUT2D eigenvalue weighted by molar-refractivity contribution is 0.268. The van der Waals surface area contributed by atoms with Gasteiger partial charge in [0.25, 0.3) is 0 Å². The first kappa shape index (κ1) is 9.32. The molecule has 1 aromatic rings. The van der Waals surface area contributed by atoms with E-state index in [4.69, 9.17) is 22.4 Å². The highest BCUT2D eigenvalue weighted by Gasteiger charge is 2.10. The Kier molecular flexibility index (Phi) is 2.92. The fourth-order valence-electron chi connectivity index (χ4n) is 0.922. The maximum atomic E-state index is 9.18. The van der Waals surface area contributed by atoms with Crippen LogP contribution in [0.15, 0.2) is 18.2 Å². The first-order valence-electron chi connectivity index (χ1n) is 3.50. The van der Waals surface area contributed by atoms with E-state index < -0.39 is 6.04 Å². The highest BCUT2D eigenvalue weighted by molar-refractivity contribution is 6.32. The number of nitrogens with two attached hydrogens (primary N) is 1. The van der Waals surface area contributed by atoms with Crippen molar-refractivity contribution in [1.29, 1.82) is 0 Å². The molecule has 0 aromatic heterocycles. The predicted molar refractivity (Wildman–Crippen MR) is 47.1 cm³/mol. The smallest absolute Gasteiger partial charge is 0.134 e. The van der Waals surface area contributed by atoms with Crippen LogP contribution in [0.5, 0.6) is 5.75 Å². The Morgan fingerprint density at radius 2 is 2.17 bits per heavy atom. The molecule has 0 saturated carbocycles. The molecule has 4 heteroatoms. The second-order valence-electron chi connectivity index (χ2n) is 2.47. The van der Waals surface area contributed by atoms with E-state index in [9.17, 15) is 5.11 Å². The molecule has 0 bridgehead atoms. The number of hydrogen-bond donors (Lipinski definition) is 3. The summed E-state index contributed by atoms with van der Waals surface area (Å²) in [5, 5.41) is 18.1. The van der Waals surface area contributed by atoms with Crippen molar-refractivity contribution < 1.29 is 10.2 Å². The lowest BCUT2D eigenvalue weighted by Crippen LogP contribution is -2.14. The van der Waals surface area contributed by atoms with Gasteiger partial charge in [-0.1, -0.05) is 23.7 Å². The van der Waals surface area contributed by atoms with Gasteiger partial charge in [0, 0.05) is 0 Å². The molecule has 0 aliphatic rings. The number of hydrogen-bond acceptors (Lipinski definition) is 3. The highest BCUT2D eigenvalue weighted by atomic mass is 35.5. The molecule has 0 fully saturated rings. The van der Waals surface area contributed by atoms with Crippen molar-refractivity contribution in [2.24, 2.45) is 5.73 Å². The van der Waals surface area contributed by atoms with Crippen LogP contribution in [0.1, 0.15) is 11.6 Å². The molecule has 0 saturated heterocycles. The molecule has 12 heavy (non-hydrogen) atoms. The second kappa shape index (κ2) is 3.76. The SMILES string of the molecule is N[C@H](CO)c1cccc(O)c1Cl. The van der Waals surface area contributed by atoms with Crippen molar-refractivity contribution >= 4 is 11.6 Å². The molecule has 0 amide bonds. The van der Waals surface area contributed by atoms with Gasteiger partial charge in [-0.25, -0.2) is 0 Å². The minimum Gasteiger partial charge on any atom is -0.506 e. The van der Waals surface area contributed by atoms with Crippen molar-refractivity contribution in [2.45, 2.75) is 6.04 Å². The number of phenols is 1. The molecule has 0 heterocycles. The van der Waals surface area contributed by atoms with Crippen molar-refractivity contribution in [2.75, 3.05) is 6.61 Å². The minimum absolute atomic E-state index is 0.0157. The van der Waals surface area contributed by atoms with Crippen LogP contribution >= 0.6 is 11.6 Å². The van der Waals surface area contributed by atoms with Gasteiger partial charge in [-0.15, -0.1) is 0 Å². The maximum absolute atomic E-state index is 9.18. The van der Waals surface area contributed by atoms with E-state index in [0.717, 1.165) is 0 Å². The van der Waals surface area contributed by atoms with Crippen LogP contribution in [0.2, 0.25) is 5.02 Å². The summed E-state index contributed by atoms with van der Waals surface area (Å²) in [6.07, 6.45) is 0. The van der Waals surface area contributed by atoms with Crippen LogP contribution in [-0.2, 0) is 0 Å². The monoisotopic (exact) mass is 187 g/mol. The summed E-state index contributed by atoms with van der Waals surface area (Å²) in [5.41, 5.74) is 6.07. The summed E-state index contributed by atoms with van der Waals surface area (Å²) >= 11 is 5.73. The molecule has 1 aromatic carbocycles. The molecule has 0 spiro atoms. The normalized spacial score (nSPS) is 12.9. The van der Waals surface area contributed by atoms with Crippen molar-refractivity contribution in [3.05, 3.63) is 28.8 Å². The lowest BCUT2D eigenvalue weighted by Gasteiger charge is -2.10. The number of aliphatic hydroxyl groups is 1. The topological polar surface area (TPSA) is 66.5 Å². The van der Waals surface area contributed by atoms with E-state index in [-0.39, 0.29) is 17.4 Å². The molecule has 0 aliphatic heterocycles. The van der Waals surface area contributed by atoms with E-state index in [1.54, 1.807) is 12.1 Å². The Labute approximate surface area is 75.4 Å². The van der Waals surface area contributed by atoms with E-state index in [0.29, 0.717) is 5.56 Å². The van der Waals surface area contributed by atoms with E-state index in [1.807, 2.05) is 0 Å². The van der Waals surface area contributed by atoms with Crippen molar-refractivity contribution in [3.8, 4) is 5.75 Å². The lowest BCUT2D eigenvalue weighted by atomic mass is 10.1. The van der Waals surface area contributed by atoms with Crippen LogP contribution in [-0.4, -0.2) is 16.8 Å². The average molecular weight is 188 g/mol. The van der Waals surface area contributed by atoms with Gasteiger partial charge in [0.15, 0.2) is 0 Å². The van der Waals surface area contributed by atoms with Gasteiger partial charge in [0.1, 0.15) is 5.75 Å². The molecular weight excluding hydrogens is 178 g/mol. The highest BCUT2D eigenvalue weighted by Crippen LogP contribution is 2.29. The molecule has 0 aliphatic carbocycles. The first-order valence-corrected chi connectivity index (χ1v) is 3.88. The molecule has 3 nitrogen and oxygen atoms in total. The summed E-state index contributed by atoms with van der Waals surface area (Å²) in [7, 11) is 0. The van der Waals surface area contributed by atoms with E-state index in [1.165, 1.54) is 6.07 Å². The van der Waals surface area contributed by atoms with Gasteiger partial charge >= 0.3 is 0 Å². The Morgan fingerprint density at radius 3 is 2.75 bits per heavy atom. The van der Waals surface area contributed by atoms with Gasteiger partial charge < -0.3 is 15.9 Å². The number of benzene rings is 1. The third kappa shape index (κ3) is 1.69. The Bertz CT molecular complexity index is 278. The summed E-state index contributed by atoms with van der Waals surface area (Å²) < 4.78 is 0. The van der Waals surface area contributed by atoms with Crippen LogP contribution in [0.4, 0.5) is 0 Å². The molecule has 0 unspecified atom stereocenters. The number of halogens is 1. The zero-order valence-corrected chi connectivity index (χ0v) is 7.12. The van der Waals surface area contributed by atoms with Gasteiger partial charge in [0.05, 0.1) is 17.7 Å². The summed E-state index contributed by atoms with van der Waals surface area (Å²) in [5.74, 6) is -0.0157.